The molecule has 0 saturated carbocycles. The maximum atomic E-state index is 13.2. The topological polar surface area (TPSA) is 35.2 Å². The third-order valence-corrected chi connectivity index (χ3v) is 4.84. The van der Waals surface area contributed by atoms with Crippen LogP contribution in [0.25, 0.3) is 0 Å². The Labute approximate surface area is 106 Å². The fourth-order valence-corrected chi connectivity index (χ4v) is 3.45. The Kier molecular flexibility index (Phi) is 4.42. The molecule has 17 heavy (non-hydrogen) atoms. The second kappa shape index (κ2) is 5.85. The van der Waals surface area contributed by atoms with Gasteiger partial charge in [0.2, 0.25) is 0 Å². The number of thioether (sulfide) groups is 1. The van der Waals surface area contributed by atoms with Gasteiger partial charge in [0.05, 0.1) is 6.10 Å². The molecule has 1 aromatic carbocycles. The van der Waals surface area contributed by atoms with Crippen molar-refractivity contribution in [1.29, 1.82) is 0 Å². The van der Waals surface area contributed by atoms with Crippen molar-refractivity contribution in [3.63, 3.8) is 0 Å². The lowest BCUT2D eigenvalue weighted by Crippen LogP contribution is -2.19. The predicted octanol–water partition coefficient (Wildman–Crippen LogP) is 2.74. The Bertz CT molecular complexity index is 374. The van der Waals surface area contributed by atoms with Crippen LogP contribution < -0.4 is 5.73 Å². The van der Waals surface area contributed by atoms with Crippen molar-refractivity contribution in [2.75, 3.05) is 13.2 Å². The molecule has 0 aromatic heterocycles. The van der Waals surface area contributed by atoms with Gasteiger partial charge in [-0.15, -0.1) is 11.8 Å². The van der Waals surface area contributed by atoms with Crippen LogP contribution in [0.3, 0.4) is 0 Å². The van der Waals surface area contributed by atoms with E-state index in [0.717, 1.165) is 18.6 Å². The van der Waals surface area contributed by atoms with Gasteiger partial charge in [-0.2, -0.15) is 0 Å². The number of benzene rings is 1. The van der Waals surface area contributed by atoms with Gasteiger partial charge in [-0.3, -0.25) is 0 Å². The summed E-state index contributed by atoms with van der Waals surface area (Å²) in [5, 5.41) is 0.617. The lowest BCUT2D eigenvalue weighted by atomic mass is 10.1. The molecule has 0 bridgehead atoms. The molecule has 0 aliphatic carbocycles. The van der Waals surface area contributed by atoms with Crippen LogP contribution in [0, 0.1) is 5.82 Å². The number of rotatable bonds is 4. The summed E-state index contributed by atoms with van der Waals surface area (Å²) in [5.41, 5.74) is 6.76. The molecule has 1 fully saturated rings. The molecule has 1 heterocycles. The summed E-state index contributed by atoms with van der Waals surface area (Å²) in [4.78, 5) is 0. The first-order chi connectivity index (χ1) is 8.20. The van der Waals surface area contributed by atoms with Gasteiger partial charge in [-0.05, 0) is 31.0 Å². The highest BCUT2D eigenvalue weighted by atomic mass is 32.2. The molecule has 0 spiro atoms. The lowest BCUT2D eigenvalue weighted by Gasteiger charge is -2.21. The summed E-state index contributed by atoms with van der Waals surface area (Å²) in [6, 6.07) is 6.71. The van der Waals surface area contributed by atoms with E-state index in [-0.39, 0.29) is 17.2 Å². The molecule has 0 amide bonds. The zero-order valence-electron chi connectivity index (χ0n) is 9.93. The lowest BCUT2D eigenvalue weighted by molar-refractivity contribution is 0.127. The molecule has 94 valence electrons. The van der Waals surface area contributed by atoms with Crippen LogP contribution in [0.15, 0.2) is 24.3 Å². The van der Waals surface area contributed by atoms with Crippen molar-refractivity contribution in [3.8, 4) is 0 Å². The summed E-state index contributed by atoms with van der Waals surface area (Å²) in [6.45, 7) is 3.43. The molecule has 1 aliphatic heterocycles. The quantitative estimate of drug-likeness (QED) is 0.898. The van der Waals surface area contributed by atoms with Crippen molar-refractivity contribution in [2.45, 2.75) is 29.9 Å². The number of hydrogen-bond acceptors (Lipinski definition) is 3. The fourth-order valence-electron chi connectivity index (χ4n) is 2.08. The molecule has 2 nitrogen and oxygen atoms in total. The van der Waals surface area contributed by atoms with E-state index in [4.69, 9.17) is 10.5 Å². The first-order valence-electron chi connectivity index (χ1n) is 5.93. The highest BCUT2D eigenvalue weighted by Crippen LogP contribution is 2.37. The minimum absolute atomic E-state index is 0.153. The average Bonchev–Trinajstić information content (AvgIpc) is 2.71. The molecule has 4 heteroatoms. The van der Waals surface area contributed by atoms with Crippen LogP contribution in [0.4, 0.5) is 4.39 Å². The van der Waals surface area contributed by atoms with Gasteiger partial charge in [0.25, 0.3) is 0 Å². The first kappa shape index (κ1) is 12.9. The summed E-state index contributed by atoms with van der Waals surface area (Å²) in [6.07, 6.45) is 1.32. The normalized spacial score (nSPS) is 26.1. The zero-order chi connectivity index (χ0) is 12.3. The molecule has 2 N–H and O–H groups in total. The fraction of sp³-hybridized carbons (Fsp3) is 0.538. The third kappa shape index (κ3) is 3.21. The van der Waals surface area contributed by atoms with Crippen LogP contribution in [0.1, 0.15) is 24.2 Å². The number of ether oxygens (including phenoxy) is 1. The van der Waals surface area contributed by atoms with Gasteiger partial charge in [-0.1, -0.05) is 12.1 Å². The Hall–Kier alpha value is -0.580. The molecule has 0 radical (unpaired) electrons. The van der Waals surface area contributed by atoms with Crippen LogP contribution in [-0.4, -0.2) is 24.5 Å². The van der Waals surface area contributed by atoms with Crippen LogP contribution >= 0.6 is 11.8 Å². The summed E-state index contributed by atoms with van der Waals surface area (Å²) in [7, 11) is 0. The largest absolute Gasteiger partial charge is 0.377 e. The van der Waals surface area contributed by atoms with Crippen molar-refractivity contribution in [3.05, 3.63) is 35.6 Å². The van der Waals surface area contributed by atoms with Gasteiger partial charge < -0.3 is 10.5 Å². The summed E-state index contributed by atoms with van der Waals surface area (Å²) < 4.78 is 18.7. The molecule has 3 unspecified atom stereocenters. The number of halogens is 1. The van der Waals surface area contributed by atoms with Crippen LogP contribution in [0.2, 0.25) is 0 Å². The number of hydrogen-bond donors (Lipinski definition) is 1. The average molecular weight is 255 g/mol. The second-order valence-electron chi connectivity index (χ2n) is 4.32. The number of nitrogens with two attached hydrogens (primary N) is 1. The maximum absolute atomic E-state index is 13.2. The minimum atomic E-state index is -0.197. The molecular weight excluding hydrogens is 237 g/mol. The first-order valence-corrected chi connectivity index (χ1v) is 6.87. The van der Waals surface area contributed by atoms with E-state index >= 15 is 0 Å². The highest BCUT2D eigenvalue weighted by Gasteiger charge is 2.27. The Morgan fingerprint density at radius 3 is 3.00 bits per heavy atom. The highest BCUT2D eigenvalue weighted by molar-refractivity contribution is 8.00. The summed E-state index contributed by atoms with van der Waals surface area (Å²) in [5.74, 6) is -0.197. The molecule has 1 aromatic rings. The van der Waals surface area contributed by atoms with E-state index in [1.807, 2.05) is 6.07 Å². The standard InChI is InChI=1S/C13H18FNOS/c1-9-12(5-6-16-9)17-13(8-15)10-3-2-4-11(14)7-10/h2-4,7,9,12-13H,5-6,8,15H2,1H3. The molecule has 1 aliphatic rings. The second-order valence-corrected chi connectivity index (χ2v) is 5.77. The molecule has 3 atom stereocenters. The third-order valence-electron chi connectivity index (χ3n) is 3.08. The van der Waals surface area contributed by atoms with Crippen molar-refractivity contribution in [2.24, 2.45) is 5.73 Å². The smallest absolute Gasteiger partial charge is 0.123 e. The van der Waals surface area contributed by atoms with Gasteiger partial charge in [0, 0.05) is 23.7 Å². The monoisotopic (exact) mass is 255 g/mol. The van der Waals surface area contributed by atoms with Crippen molar-refractivity contribution in [1.82, 2.24) is 0 Å². The summed E-state index contributed by atoms with van der Waals surface area (Å²) >= 11 is 1.81. The van der Waals surface area contributed by atoms with E-state index in [9.17, 15) is 4.39 Å². The van der Waals surface area contributed by atoms with Crippen molar-refractivity contribution >= 4 is 11.8 Å². The zero-order valence-corrected chi connectivity index (χ0v) is 10.8. The van der Waals surface area contributed by atoms with Gasteiger partial charge in [0.1, 0.15) is 5.82 Å². The minimum Gasteiger partial charge on any atom is -0.377 e. The Balaban J connectivity index is 2.06. The van der Waals surface area contributed by atoms with Gasteiger partial charge >= 0.3 is 0 Å². The van der Waals surface area contributed by atoms with Crippen LogP contribution in [0.5, 0.6) is 0 Å². The predicted molar refractivity (Wildman–Crippen MR) is 69.6 cm³/mol. The van der Waals surface area contributed by atoms with E-state index in [1.165, 1.54) is 6.07 Å². The van der Waals surface area contributed by atoms with E-state index in [1.54, 1.807) is 23.9 Å². The maximum Gasteiger partial charge on any atom is 0.123 e. The van der Waals surface area contributed by atoms with E-state index in [2.05, 4.69) is 6.92 Å². The molecule has 2 rings (SSSR count). The Morgan fingerprint density at radius 1 is 1.59 bits per heavy atom. The molecule has 1 saturated heterocycles. The van der Waals surface area contributed by atoms with Crippen LogP contribution in [-0.2, 0) is 4.74 Å². The van der Waals surface area contributed by atoms with E-state index < -0.39 is 0 Å². The SMILES string of the molecule is CC1OCCC1SC(CN)c1cccc(F)c1. The van der Waals surface area contributed by atoms with Gasteiger partial charge in [0.15, 0.2) is 0 Å². The van der Waals surface area contributed by atoms with E-state index in [0.29, 0.717) is 11.8 Å². The van der Waals surface area contributed by atoms with Gasteiger partial charge in [-0.25, -0.2) is 4.39 Å². The van der Waals surface area contributed by atoms with Crippen molar-refractivity contribution < 1.29 is 9.13 Å². The Morgan fingerprint density at radius 2 is 2.41 bits per heavy atom. The molecular formula is C13H18FNOS.